The molecule has 0 bridgehead atoms. The van der Waals surface area contributed by atoms with Crippen LogP contribution in [0.4, 0.5) is 0 Å². The highest BCUT2D eigenvalue weighted by molar-refractivity contribution is 6.30. The normalized spacial score (nSPS) is 16.3. The molecular formula is C17H16ClNO3. The van der Waals surface area contributed by atoms with Gasteiger partial charge in [0.25, 0.3) is 5.91 Å². The number of carbonyl (C=O) groups excluding carboxylic acids is 1. The summed E-state index contributed by atoms with van der Waals surface area (Å²) in [5, 5.41) is 3.60. The van der Waals surface area contributed by atoms with Crippen molar-refractivity contribution in [3.8, 4) is 11.5 Å². The van der Waals surface area contributed by atoms with E-state index in [0.717, 1.165) is 11.3 Å². The lowest BCUT2D eigenvalue weighted by Crippen LogP contribution is -2.35. The summed E-state index contributed by atoms with van der Waals surface area (Å²) in [4.78, 5) is 12.1. The molecule has 0 fully saturated rings. The maximum atomic E-state index is 12.1. The second kappa shape index (κ2) is 6.71. The number of fused-ring (bicyclic) bond motifs is 1. The van der Waals surface area contributed by atoms with Crippen LogP contribution in [0.1, 0.15) is 18.0 Å². The Morgan fingerprint density at radius 2 is 2.09 bits per heavy atom. The van der Waals surface area contributed by atoms with Crippen LogP contribution in [0.5, 0.6) is 11.5 Å². The summed E-state index contributed by atoms with van der Waals surface area (Å²) in [5.74, 6) is 1.28. The number of nitrogens with one attached hydrogen (secondary N) is 1. The first kappa shape index (κ1) is 14.7. The predicted octanol–water partition coefficient (Wildman–Crippen LogP) is 3.36. The lowest BCUT2D eigenvalue weighted by molar-refractivity contribution is -0.124. The fraction of sp³-hybridized carbons (Fsp3) is 0.235. The van der Waals surface area contributed by atoms with Crippen molar-refractivity contribution in [1.82, 2.24) is 5.32 Å². The third kappa shape index (κ3) is 3.52. The minimum atomic E-state index is -0.165. The number of rotatable bonds is 4. The van der Waals surface area contributed by atoms with Crippen LogP contribution in [-0.2, 0) is 4.79 Å². The van der Waals surface area contributed by atoms with Gasteiger partial charge in [0.05, 0.1) is 12.6 Å². The van der Waals surface area contributed by atoms with Crippen LogP contribution in [0.25, 0.3) is 0 Å². The second-order valence-corrected chi connectivity index (χ2v) is 5.48. The van der Waals surface area contributed by atoms with Gasteiger partial charge >= 0.3 is 0 Å². The van der Waals surface area contributed by atoms with Crippen LogP contribution in [0.3, 0.4) is 0 Å². The molecule has 2 aromatic rings. The fourth-order valence-electron chi connectivity index (χ4n) is 2.42. The number of benzene rings is 2. The Morgan fingerprint density at radius 1 is 1.27 bits per heavy atom. The van der Waals surface area contributed by atoms with Crippen molar-refractivity contribution in [3.05, 3.63) is 59.1 Å². The van der Waals surface area contributed by atoms with E-state index < -0.39 is 0 Å². The molecule has 0 aromatic heterocycles. The number of ether oxygens (including phenoxy) is 2. The first-order chi connectivity index (χ1) is 10.7. The van der Waals surface area contributed by atoms with Crippen molar-refractivity contribution in [1.29, 1.82) is 0 Å². The summed E-state index contributed by atoms with van der Waals surface area (Å²) < 4.78 is 11.0. The van der Waals surface area contributed by atoms with E-state index in [2.05, 4.69) is 5.32 Å². The molecule has 1 heterocycles. The summed E-state index contributed by atoms with van der Waals surface area (Å²) in [6.07, 6.45) is 0.713. The lowest BCUT2D eigenvalue weighted by Gasteiger charge is -2.26. The molecule has 1 atom stereocenters. The molecule has 22 heavy (non-hydrogen) atoms. The van der Waals surface area contributed by atoms with Gasteiger partial charge in [0.1, 0.15) is 11.5 Å². The van der Waals surface area contributed by atoms with E-state index in [1.54, 1.807) is 6.07 Å². The molecule has 4 nitrogen and oxygen atoms in total. The molecule has 0 saturated heterocycles. The van der Waals surface area contributed by atoms with Gasteiger partial charge < -0.3 is 14.8 Å². The van der Waals surface area contributed by atoms with Gasteiger partial charge in [-0.2, -0.15) is 0 Å². The highest BCUT2D eigenvalue weighted by Crippen LogP contribution is 2.33. The first-order valence-electron chi connectivity index (χ1n) is 7.12. The zero-order chi connectivity index (χ0) is 15.4. The van der Waals surface area contributed by atoms with Crippen LogP contribution >= 0.6 is 11.6 Å². The van der Waals surface area contributed by atoms with Crippen LogP contribution in [0.2, 0.25) is 5.02 Å². The molecule has 5 heteroatoms. The van der Waals surface area contributed by atoms with Gasteiger partial charge in [0.2, 0.25) is 0 Å². The van der Waals surface area contributed by atoms with E-state index in [4.69, 9.17) is 21.1 Å². The van der Waals surface area contributed by atoms with Crippen molar-refractivity contribution in [2.45, 2.75) is 12.5 Å². The molecule has 1 N–H and O–H groups in total. The summed E-state index contributed by atoms with van der Waals surface area (Å²) in [5.41, 5.74) is 0.909. The number of halogens is 1. The Balaban J connectivity index is 1.62. The van der Waals surface area contributed by atoms with Gasteiger partial charge in [-0.05, 0) is 30.3 Å². The molecule has 114 valence electrons. The minimum Gasteiger partial charge on any atom is -0.493 e. The van der Waals surface area contributed by atoms with Gasteiger partial charge in [0, 0.05) is 17.0 Å². The average Bonchev–Trinajstić information content (AvgIpc) is 2.54. The summed E-state index contributed by atoms with van der Waals surface area (Å²) >= 11 is 6.03. The van der Waals surface area contributed by atoms with Crippen molar-refractivity contribution in [3.63, 3.8) is 0 Å². The number of hydrogen-bond acceptors (Lipinski definition) is 3. The Bertz CT molecular complexity index is 660. The van der Waals surface area contributed by atoms with Gasteiger partial charge in [-0.1, -0.05) is 29.8 Å². The third-order valence-electron chi connectivity index (χ3n) is 3.46. The molecule has 2 aromatic carbocycles. The monoisotopic (exact) mass is 317 g/mol. The van der Waals surface area contributed by atoms with Crippen molar-refractivity contribution >= 4 is 17.5 Å². The number of carbonyl (C=O) groups is 1. The van der Waals surface area contributed by atoms with Crippen LogP contribution < -0.4 is 14.8 Å². The van der Waals surface area contributed by atoms with E-state index in [-0.39, 0.29) is 18.6 Å². The standard InChI is InChI=1S/C17H16ClNO3/c18-12-6-7-16-14(10-12)15(8-9-21-16)19-17(20)11-22-13-4-2-1-3-5-13/h1-7,10,15H,8-9,11H2,(H,19,20). The molecule has 1 unspecified atom stereocenters. The van der Waals surface area contributed by atoms with Gasteiger partial charge in [-0.25, -0.2) is 0 Å². The molecule has 1 aliphatic rings. The van der Waals surface area contributed by atoms with E-state index >= 15 is 0 Å². The zero-order valence-electron chi connectivity index (χ0n) is 11.9. The van der Waals surface area contributed by atoms with Gasteiger partial charge in [0.15, 0.2) is 6.61 Å². The maximum Gasteiger partial charge on any atom is 0.258 e. The van der Waals surface area contributed by atoms with Crippen LogP contribution in [-0.4, -0.2) is 19.1 Å². The average molecular weight is 318 g/mol. The van der Waals surface area contributed by atoms with E-state index in [1.165, 1.54) is 0 Å². The van der Waals surface area contributed by atoms with Crippen molar-refractivity contribution < 1.29 is 14.3 Å². The van der Waals surface area contributed by atoms with Crippen molar-refractivity contribution in [2.75, 3.05) is 13.2 Å². The SMILES string of the molecule is O=C(COc1ccccc1)NC1CCOc2ccc(Cl)cc21. The molecule has 0 saturated carbocycles. The summed E-state index contributed by atoms with van der Waals surface area (Å²) in [6.45, 7) is 0.552. The van der Waals surface area contributed by atoms with Crippen molar-refractivity contribution in [2.24, 2.45) is 0 Å². The van der Waals surface area contributed by atoms with E-state index in [0.29, 0.717) is 23.8 Å². The quantitative estimate of drug-likeness (QED) is 0.940. The Kier molecular flexibility index (Phi) is 4.49. The number of hydrogen-bond donors (Lipinski definition) is 1. The van der Waals surface area contributed by atoms with Crippen LogP contribution in [0, 0.1) is 0 Å². The third-order valence-corrected chi connectivity index (χ3v) is 3.69. The second-order valence-electron chi connectivity index (χ2n) is 5.04. The zero-order valence-corrected chi connectivity index (χ0v) is 12.7. The number of amides is 1. The molecular weight excluding hydrogens is 302 g/mol. The van der Waals surface area contributed by atoms with Gasteiger partial charge in [-0.3, -0.25) is 4.79 Å². The Morgan fingerprint density at radius 3 is 2.91 bits per heavy atom. The topological polar surface area (TPSA) is 47.6 Å². The summed E-state index contributed by atoms with van der Waals surface area (Å²) in [6, 6.07) is 14.6. The molecule has 3 rings (SSSR count). The highest BCUT2D eigenvalue weighted by Gasteiger charge is 2.23. The Labute approximate surface area is 134 Å². The Hall–Kier alpha value is -2.20. The molecule has 0 spiro atoms. The molecule has 1 amide bonds. The maximum absolute atomic E-state index is 12.1. The fourth-order valence-corrected chi connectivity index (χ4v) is 2.60. The summed E-state index contributed by atoms with van der Waals surface area (Å²) in [7, 11) is 0. The van der Waals surface area contributed by atoms with Crippen LogP contribution in [0.15, 0.2) is 48.5 Å². The molecule has 1 aliphatic heterocycles. The molecule has 0 aliphatic carbocycles. The van der Waals surface area contributed by atoms with Gasteiger partial charge in [-0.15, -0.1) is 0 Å². The van der Waals surface area contributed by atoms with E-state index in [9.17, 15) is 4.79 Å². The largest absolute Gasteiger partial charge is 0.493 e. The first-order valence-corrected chi connectivity index (χ1v) is 7.49. The predicted molar refractivity (Wildman–Crippen MR) is 84.4 cm³/mol. The minimum absolute atomic E-state index is 0.0166. The molecule has 0 radical (unpaired) electrons. The highest BCUT2D eigenvalue weighted by atomic mass is 35.5. The van der Waals surface area contributed by atoms with E-state index in [1.807, 2.05) is 42.5 Å². The number of para-hydroxylation sites is 1. The lowest BCUT2D eigenvalue weighted by atomic mass is 10.0. The smallest absolute Gasteiger partial charge is 0.258 e.